The maximum Gasteiger partial charge on any atom is 0.236 e. The van der Waals surface area contributed by atoms with Crippen LogP contribution in [0.1, 0.15) is 48.0 Å². The van der Waals surface area contributed by atoms with Crippen molar-refractivity contribution in [1.29, 1.82) is 0 Å². The molecule has 0 N–H and O–H groups in total. The average molecular weight is 225 g/mol. The van der Waals surface area contributed by atoms with E-state index in [9.17, 15) is 9.59 Å². The minimum absolute atomic E-state index is 0.0301. The van der Waals surface area contributed by atoms with Crippen LogP contribution in [0.4, 0.5) is 0 Å². The lowest BCUT2D eigenvalue weighted by Crippen LogP contribution is -2.51. The Morgan fingerprint density at radius 1 is 1.00 bits per heavy atom. The van der Waals surface area contributed by atoms with E-state index in [2.05, 4.69) is 0 Å². The van der Waals surface area contributed by atoms with E-state index in [4.69, 9.17) is 0 Å². The van der Waals surface area contributed by atoms with Crippen molar-refractivity contribution in [3.63, 3.8) is 0 Å². The van der Waals surface area contributed by atoms with Crippen molar-refractivity contribution >= 4 is 11.8 Å². The standard InChI is InChI=1S/C13H23NO2/c1-11(2,3)13(12(4,5)6)8-9(15)14(7)10(13)16/h8H2,1-7H3. The molecule has 92 valence electrons. The third-order valence-corrected chi connectivity index (χ3v) is 4.02. The topological polar surface area (TPSA) is 37.4 Å². The van der Waals surface area contributed by atoms with Crippen LogP contribution in [-0.2, 0) is 9.59 Å². The van der Waals surface area contributed by atoms with Crippen LogP contribution in [0.5, 0.6) is 0 Å². The Hall–Kier alpha value is -0.860. The summed E-state index contributed by atoms with van der Waals surface area (Å²) in [7, 11) is 1.59. The molecule has 1 saturated heterocycles. The van der Waals surface area contributed by atoms with E-state index in [1.165, 1.54) is 4.90 Å². The van der Waals surface area contributed by atoms with E-state index in [0.717, 1.165) is 0 Å². The zero-order chi connectivity index (χ0) is 12.9. The molecule has 1 rings (SSSR count). The third kappa shape index (κ3) is 1.48. The lowest BCUT2D eigenvalue weighted by atomic mass is 9.53. The fraction of sp³-hybridized carbons (Fsp3) is 0.846. The first-order chi connectivity index (χ1) is 6.95. The molecular formula is C13H23NO2. The molecule has 0 aromatic heterocycles. The van der Waals surface area contributed by atoms with Gasteiger partial charge >= 0.3 is 0 Å². The van der Waals surface area contributed by atoms with E-state index in [1.54, 1.807) is 7.05 Å². The summed E-state index contributed by atoms with van der Waals surface area (Å²) in [4.78, 5) is 25.5. The molecule has 0 aliphatic carbocycles. The quantitative estimate of drug-likeness (QED) is 0.594. The van der Waals surface area contributed by atoms with Crippen LogP contribution in [0.15, 0.2) is 0 Å². The van der Waals surface area contributed by atoms with Gasteiger partial charge in [0, 0.05) is 13.5 Å². The minimum atomic E-state index is -0.591. The van der Waals surface area contributed by atoms with E-state index in [1.807, 2.05) is 41.5 Å². The highest BCUT2D eigenvalue weighted by Gasteiger charge is 2.62. The summed E-state index contributed by atoms with van der Waals surface area (Å²) < 4.78 is 0. The van der Waals surface area contributed by atoms with Crippen molar-refractivity contribution in [2.24, 2.45) is 16.2 Å². The summed E-state index contributed by atoms with van der Waals surface area (Å²) in [5.41, 5.74) is -1.03. The maximum absolute atomic E-state index is 12.4. The second kappa shape index (κ2) is 3.31. The summed E-state index contributed by atoms with van der Waals surface area (Å²) >= 11 is 0. The molecule has 0 spiro atoms. The summed E-state index contributed by atoms with van der Waals surface area (Å²) in [5, 5.41) is 0. The highest BCUT2D eigenvalue weighted by atomic mass is 16.2. The third-order valence-electron chi connectivity index (χ3n) is 4.02. The first-order valence-electron chi connectivity index (χ1n) is 5.76. The molecule has 2 amide bonds. The van der Waals surface area contributed by atoms with Crippen molar-refractivity contribution in [2.75, 3.05) is 7.05 Å². The van der Waals surface area contributed by atoms with Gasteiger partial charge in [0.25, 0.3) is 0 Å². The Morgan fingerprint density at radius 2 is 1.38 bits per heavy atom. The fourth-order valence-electron chi connectivity index (χ4n) is 3.12. The monoisotopic (exact) mass is 225 g/mol. The number of carbonyl (C=O) groups is 2. The molecule has 0 saturated carbocycles. The Balaban J connectivity index is 3.41. The number of rotatable bonds is 0. The van der Waals surface area contributed by atoms with Crippen LogP contribution < -0.4 is 0 Å². The second-order valence-corrected chi connectivity index (χ2v) is 6.84. The number of amides is 2. The summed E-state index contributed by atoms with van der Waals surface area (Å²) in [6, 6.07) is 0. The second-order valence-electron chi connectivity index (χ2n) is 6.84. The van der Waals surface area contributed by atoms with Crippen LogP contribution in [0.2, 0.25) is 0 Å². The maximum atomic E-state index is 12.4. The molecule has 1 fully saturated rings. The van der Waals surface area contributed by atoms with E-state index in [-0.39, 0.29) is 22.6 Å². The zero-order valence-corrected chi connectivity index (χ0v) is 11.5. The summed E-state index contributed by atoms with van der Waals surface area (Å²) in [6.45, 7) is 12.3. The van der Waals surface area contributed by atoms with Crippen LogP contribution in [0.25, 0.3) is 0 Å². The highest BCUT2D eigenvalue weighted by Crippen LogP contribution is 2.57. The van der Waals surface area contributed by atoms with Crippen molar-refractivity contribution < 1.29 is 9.59 Å². The molecule has 1 heterocycles. The molecule has 3 heteroatoms. The average Bonchev–Trinajstić information content (AvgIpc) is 2.27. The molecule has 0 radical (unpaired) electrons. The number of imide groups is 1. The van der Waals surface area contributed by atoms with Gasteiger partial charge in [-0.15, -0.1) is 0 Å². The van der Waals surface area contributed by atoms with Gasteiger partial charge in [-0.1, -0.05) is 41.5 Å². The number of likely N-dealkylation sites (tertiary alicyclic amines) is 1. The van der Waals surface area contributed by atoms with Crippen molar-refractivity contribution in [2.45, 2.75) is 48.0 Å². The van der Waals surface area contributed by atoms with Crippen LogP contribution in [0, 0.1) is 16.2 Å². The molecular weight excluding hydrogens is 202 g/mol. The fourth-order valence-corrected chi connectivity index (χ4v) is 3.12. The van der Waals surface area contributed by atoms with Gasteiger partial charge in [0.15, 0.2) is 0 Å². The lowest BCUT2D eigenvalue weighted by Gasteiger charge is -2.48. The first kappa shape index (κ1) is 13.2. The van der Waals surface area contributed by atoms with Crippen molar-refractivity contribution in [3.05, 3.63) is 0 Å². The Kier molecular flexibility index (Phi) is 2.74. The molecule has 0 atom stereocenters. The van der Waals surface area contributed by atoms with Crippen molar-refractivity contribution in [1.82, 2.24) is 4.90 Å². The first-order valence-corrected chi connectivity index (χ1v) is 5.76. The number of nitrogens with zero attached hydrogens (tertiary/aromatic N) is 1. The van der Waals surface area contributed by atoms with Gasteiger partial charge in [0.1, 0.15) is 0 Å². The molecule has 0 unspecified atom stereocenters. The number of carbonyl (C=O) groups excluding carboxylic acids is 2. The minimum Gasteiger partial charge on any atom is -0.285 e. The molecule has 0 bridgehead atoms. The largest absolute Gasteiger partial charge is 0.285 e. The Bertz CT molecular complexity index is 317. The van der Waals surface area contributed by atoms with E-state index >= 15 is 0 Å². The van der Waals surface area contributed by atoms with Crippen LogP contribution in [0.3, 0.4) is 0 Å². The molecule has 1 aliphatic heterocycles. The Morgan fingerprint density at radius 3 is 1.50 bits per heavy atom. The van der Waals surface area contributed by atoms with Gasteiger partial charge in [0.2, 0.25) is 11.8 Å². The number of hydrogen-bond acceptors (Lipinski definition) is 2. The lowest BCUT2D eigenvalue weighted by molar-refractivity contribution is -0.150. The number of hydrogen-bond donors (Lipinski definition) is 0. The van der Waals surface area contributed by atoms with Crippen LogP contribution >= 0.6 is 0 Å². The van der Waals surface area contributed by atoms with Crippen LogP contribution in [-0.4, -0.2) is 23.8 Å². The summed E-state index contributed by atoms with van der Waals surface area (Å²) in [6.07, 6.45) is 0.329. The van der Waals surface area contributed by atoms with Gasteiger partial charge in [-0.3, -0.25) is 14.5 Å². The molecule has 16 heavy (non-hydrogen) atoms. The molecule has 0 aromatic rings. The van der Waals surface area contributed by atoms with Gasteiger partial charge in [0.05, 0.1) is 5.41 Å². The van der Waals surface area contributed by atoms with E-state index < -0.39 is 5.41 Å². The summed E-state index contributed by atoms with van der Waals surface area (Å²) in [5.74, 6) is -0.0904. The predicted molar refractivity (Wildman–Crippen MR) is 63.7 cm³/mol. The highest BCUT2D eigenvalue weighted by molar-refractivity contribution is 6.06. The smallest absolute Gasteiger partial charge is 0.236 e. The molecule has 0 aromatic carbocycles. The predicted octanol–water partition coefficient (Wildman–Crippen LogP) is 2.45. The SMILES string of the molecule is CN1C(=O)CC(C(C)(C)C)(C(C)(C)C)C1=O. The van der Waals surface area contributed by atoms with Gasteiger partial charge < -0.3 is 0 Å². The zero-order valence-electron chi connectivity index (χ0n) is 11.5. The Labute approximate surface area is 98.2 Å². The van der Waals surface area contributed by atoms with Gasteiger partial charge in [-0.2, -0.15) is 0 Å². The van der Waals surface area contributed by atoms with Crippen molar-refractivity contribution in [3.8, 4) is 0 Å². The molecule has 1 aliphatic rings. The van der Waals surface area contributed by atoms with E-state index in [0.29, 0.717) is 6.42 Å². The normalized spacial score (nSPS) is 21.8. The van der Waals surface area contributed by atoms with Gasteiger partial charge in [-0.25, -0.2) is 0 Å². The molecule has 3 nitrogen and oxygen atoms in total. The van der Waals surface area contributed by atoms with Gasteiger partial charge in [-0.05, 0) is 10.8 Å².